The molecule has 0 fully saturated rings. The maximum absolute atomic E-state index is 12.5. The van der Waals surface area contributed by atoms with Crippen molar-refractivity contribution in [3.8, 4) is 11.5 Å². The Morgan fingerprint density at radius 1 is 1.18 bits per heavy atom. The van der Waals surface area contributed by atoms with E-state index >= 15 is 0 Å². The van der Waals surface area contributed by atoms with E-state index < -0.39 is 4.92 Å². The van der Waals surface area contributed by atoms with Crippen molar-refractivity contribution < 1.29 is 19.2 Å². The highest BCUT2D eigenvalue weighted by Gasteiger charge is 2.15. The maximum Gasteiger partial charge on any atom is 0.273 e. The van der Waals surface area contributed by atoms with Crippen molar-refractivity contribution in [2.24, 2.45) is 0 Å². The molecule has 3 rings (SSSR count). The quantitative estimate of drug-likeness (QED) is 0.456. The van der Waals surface area contributed by atoms with Crippen LogP contribution in [0.25, 0.3) is 0 Å². The van der Waals surface area contributed by atoms with Crippen molar-refractivity contribution in [2.75, 3.05) is 12.4 Å². The number of hydrogen-bond donors (Lipinski definition) is 1. The monoisotopic (exact) mass is 398 g/mol. The molecule has 0 aliphatic heterocycles. The summed E-state index contributed by atoms with van der Waals surface area (Å²) in [6.07, 6.45) is 0. The molecule has 0 saturated heterocycles. The Bertz CT molecular complexity index is 998. The van der Waals surface area contributed by atoms with Crippen molar-refractivity contribution in [2.45, 2.75) is 13.5 Å². The van der Waals surface area contributed by atoms with Gasteiger partial charge in [-0.05, 0) is 36.6 Å². The van der Waals surface area contributed by atoms with E-state index in [2.05, 4.69) is 5.32 Å². The number of amides is 1. The van der Waals surface area contributed by atoms with Crippen LogP contribution in [0.3, 0.4) is 0 Å². The van der Waals surface area contributed by atoms with Gasteiger partial charge < -0.3 is 14.8 Å². The van der Waals surface area contributed by atoms with Gasteiger partial charge in [0.25, 0.3) is 11.6 Å². The van der Waals surface area contributed by atoms with Crippen LogP contribution in [0, 0.1) is 17.0 Å². The highest BCUT2D eigenvalue weighted by Crippen LogP contribution is 2.30. The second-order valence-electron chi connectivity index (χ2n) is 6.02. The molecule has 0 aliphatic rings. The predicted octanol–water partition coefficient (Wildman–Crippen LogP) is 4.80. The molecule has 0 bridgehead atoms. The second-order valence-corrected chi connectivity index (χ2v) is 6.93. The summed E-state index contributed by atoms with van der Waals surface area (Å²) in [4.78, 5) is 23.3. The van der Waals surface area contributed by atoms with Crippen LogP contribution in [0.1, 0.15) is 20.8 Å². The molecule has 0 radical (unpaired) electrons. The van der Waals surface area contributed by atoms with Crippen molar-refractivity contribution in [3.63, 3.8) is 0 Å². The zero-order valence-electron chi connectivity index (χ0n) is 15.3. The Kier molecular flexibility index (Phi) is 5.90. The molecule has 1 heterocycles. The number of non-ortho nitro benzene ring substituents is 1. The van der Waals surface area contributed by atoms with E-state index in [0.29, 0.717) is 17.2 Å². The normalized spacial score (nSPS) is 10.4. The number of nitrogens with zero attached hydrogens (tertiary/aromatic N) is 1. The number of hydrogen-bond acceptors (Lipinski definition) is 6. The zero-order valence-corrected chi connectivity index (χ0v) is 16.1. The third-order valence-corrected chi connectivity index (χ3v) is 4.93. The van der Waals surface area contributed by atoms with Crippen molar-refractivity contribution in [1.29, 1.82) is 0 Å². The van der Waals surface area contributed by atoms with Gasteiger partial charge in [0.2, 0.25) is 0 Å². The molecule has 7 nitrogen and oxygen atoms in total. The summed E-state index contributed by atoms with van der Waals surface area (Å²) in [6, 6.07) is 13.5. The van der Waals surface area contributed by atoms with Crippen molar-refractivity contribution in [1.82, 2.24) is 0 Å². The zero-order chi connectivity index (χ0) is 20.1. The molecule has 3 aromatic rings. The van der Waals surface area contributed by atoms with Gasteiger partial charge in [-0.3, -0.25) is 14.9 Å². The first-order chi connectivity index (χ1) is 13.5. The Morgan fingerprint density at radius 3 is 2.61 bits per heavy atom. The fraction of sp³-hybridized carbons (Fsp3) is 0.150. The van der Waals surface area contributed by atoms with E-state index in [1.165, 1.54) is 36.6 Å². The molecule has 0 spiro atoms. The average molecular weight is 398 g/mol. The number of nitro benzene ring substituents is 1. The summed E-state index contributed by atoms with van der Waals surface area (Å²) in [6.45, 7) is 2.36. The number of benzene rings is 2. The lowest BCUT2D eigenvalue weighted by Crippen LogP contribution is -2.11. The Hall–Kier alpha value is -3.39. The number of carbonyl (C=O) groups excluding carboxylic acids is 1. The minimum absolute atomic E-state index is 0.110. The lowest BCUT2D eigenvalue weighted by atomic mass is 10.2. The number of thiophene rings is 1. The minimum Gasteiger partial charge on any atom is -0.494 e. The summed E-state index contributed by atoms with van der Waals surface area (Å²) >= 11 is 1.29. The van der Waals surface area contributed by atoms with E-state index in [1.54, 1.807) is 6.07 Å². The van der Waals surface area contributed by atoms with Crippen molar-refractivity contribution >= 4 is 28.6 Å². The summed E-state index contributed by atoms with van der Waals surface area (Å²) in [5.41, 5.74) is 2.29. The van der Waals surface area contributed by atoms with E-state index in [1.807, 2.05) is 36.6 Å². The number of nitrogens with one attached hydrogen (secondary N) is 1. The molecule has 0 atom stereocenters. The minimum atomic E-state index is -0.520. The molecule has 0 aliphatic carbocycles. The van der Waals surface area contributed by atoms with Gasteiger partial charge >= 0.3 is 0 Å². The van der Waals surface area contributed by atoms with Gasteiger partial charge in [0.05, 0.1) is 28.7 Å². The number of ether oxygens (including phenoxy) is 2. The van der Waals surface area contributed by atoms with E-state index in [4.69, 9.17) is 9.47 Å². The number of anilines is 1. The maximum atomic E-state index is 12.5. The molecule has 2 aromatic carbocycles. The van der Waals surface area contributed by atoms with Crippen LogP contribution in [0.4, 0.5) is 11.4 Å². The van der Waals surface area contributed by atoms with Crippen LogP contribution in [-0.4, -0.2) is 17.9 Å². The number of nitro groups is 1. The van der Waals surface area contributed by atoms with Gasteiger partial charge in [-0.15, -0.1) is 11.3 Å². The first-order valence-electron chi connectivity index (χ1n) is 8.37. The molecule has 1 aromatic heterocycles. The van der Waals surface area contributed by atoms with Crippen LogP contribution < -0.4 is 14.8 Å². The van der Waals surface area contributed by atoms with E-state index in [0.717, 1.165) is 16.9 Å². The fourth-order valence-corrected chi connectivity index (χ4v) is 3.24. The summed E-state index contributed by atoms with van der Waals surface area (Å²) < 4.78 is 10.9. The Morgan fingerprint density at radius 2 is 1.93 bits per heavy atom. The van der Waals surface area contributed by atoms with Crippen LogP contribution in [0.15, 0.2) is 53.9 Å². The molecule has 144 valence electrons. The molecule has 1 N–H and O–H groups in total. The SMILES string of the molecule is COc1cc([N+](=O)[O-])ccc1NC(=O)c1cc(COc2ccc(C)cc2)cs1. The number of methoxy groups -OCH3 is 1. The molecule has 0 saturated carbocycles. The van der Waals surface area contributed by atoms with Gasteiger partial charge in [-0.25, -0.2) is 0 Å². The first kappa shape index (κ1) is 19.4. The van der Waals surface area contributed by atoms with Gasteiger partial charge in [0, 0.05) is 11.6 Å². The topological polar surface area (TPSA) is 90.7 Å². The number of aryl methyl sites for hydroxylation is 1. The first-order valence-corrected chi connectivity index (χ1v) is 9.25. The molecule has 1 amide bonds. The van der Waals surface area contributed by atoms with E-state index in [-0.39, 0.29) is 17.3 Å². The highest BCUT2D eigenvalue weighted by atomic mass is 32.1. The third kappa shape index (κ3) is 4.66. The number of rotatable bonds is 7. The largest absolute Gasteiger partial charge is 0.494 e. The molecule has 28 heavy (non-hydrogen) atoms. The lowest BCUT2D eigenvalue weighted by molar-refractivity contribution is -0.384. The fourth-order valence-electron chi connectivity index (χ4n) is 2.45. The molecular formula is C20H18N2O5S. The highest BCUT2D eigenvalue weighted by molar-refractivity contribution is 7.12. The van der Waals surface area contributed by atoms with Gasteiger partial charge in [0.1, 0.15) is 18.1 Å². The van der Waals surface area contributed by atoms with Gasteiger partial charge in [-0.1, -0.05) is 17.7 Å². The summed E-state index contributed by atoms with van der Waals surface area (Å²) in [5, 5.41) is 15.4. The van der Waals surface area contributed by atoms with Crippen LogP contribution in [-0.2, 0) is 6.61 Å². The summed E-state index contributed by atoms with van der Waals surface area (Å²) in [5.74, 6) is 0.666. The smallest absolute Gasteiger partial charge is 0.273 e. The lowest BCUT2D eigenvalue weighted by Gasteiger charge is -2.09. The molecular weight excluding hydrogens is 380 g/mol. The molecule has 8 heteroatoms. The average Bonchev–Trinajstić information content (AvgIpc) is 3.17. The third-order valence-electron chi connectivity index (χ3n) is 3.95. The predicted molar refractivity (Wildman–Crippen MR) is 107 cm³/mol. The standard InChI is InChI=1S/C20H18N2O5S/c1-13-3-6-16(7-4-13)27-11-14-9-19(28-12-14)20(23)21-17-8-5-15(22(24)25)10-18(17)26-2/h3-10,12H,11H2,1-2H3,(H,21,23). The van der Waals surface area contributed by atoms with Gasteiger partial charge in [0.15, 0.2) is 0 Å². The van der Waals surface area contributed by atoms with Crippen LogP contribution in [0.5, 0.6) is 11.5 Å². The van der Waals surface area contributed by atoms with Gasteiger partial charge in [-0.2, -0.15) is 0 Å². The van der Waals surface area contributed by atoms with Crippen LogP contribution >= 0.6 is 11.3 Å². The number of carbonyl (C=O) groups is 1. The Balaban J connectivity index is 1.65. The Labute approximate surface area is 165 Å². The second kappa shape index (κ2) is 8.53. The van der Waals surface area contributed by atoms with E-state index in [9.17, 15) is 14.9 Å². The van der Waals surface area contributed by atoms with Crippen molar-refractivity contribution in [3.05, 3.63) is 80.0 Å². The molecule has 0 unspecified atom stereocenters. The van der Waals surface area contributed by atoms with Crippen LogP contribution in [0.2, 0.25) is 0 Å². The summed E-state index contributed by atoms with van der Waals surface area (Å²) in [7, 11) is 1.39.